The minimum Gasteiger partial charge on any atom is -0.398 e. The molecule has 0 fully saturated rings. The molecule has 0 unspecified atom stereocenters. The second-order valence-corrected chi connectivity index (χ2v) is 4.64. The molecule has 2 aromatic heterocycles. The normalized spacial score (nSPS) is 11.7. The van der Waals surface area contributed by atoms with Crippen LogP contribution in [0.1, 0.15) is 26.6 Å². The second-order valence-electron chi connectivity index (χ2n) is 4.64. The fourth-order valence-corrected chi connectivity index (χ4v) is 1.22. The Bertz CT molecular complexity index is 499. The highest BCUT2D eigenvalue weighted by molar-refractivity contribution is 5.68. The van der Waals surface area contributed by atoms with Crippen LogP contribution >= 0.6 is 0 Å². The van der Waals surface area contributed by atoms with Gasteiger partial charge < -0.3 is 10.3 Å². The van der Waals surface area contributed by atoms with Crippen molar-refractivity contribution < 1.29 is 4.52 Å². The minimum absolute atomic E-state index is 0.140. The molecule has 2 heterocycles. The molecule has 0 aromatic carbocycles. The van der Waals surface area contributed by atoms with Crippen LogP contribution in [0.2, 0.25) is 0 Å². The summed E-state index contributed by atoms with van der Waals surface area (Å²) in [6.07, 6.45) is 3.25. The van der Waals surface area contributed by atoms with E-state index in [4.69, 9.17) is 10.3 Å². The molecule has 5 nitrogen and oxygen atoms in total. The molecule has 0 saturated heterocycles. The number of hydrogen-bond donors (Lipinski definition) is 1. The highest BCUT2D eigenvalue weighted by Crippen LogP contribution is 2.26. The number of rotatable bonds is 1. The summed E-state index contributed by atoms with van der Waals surface area (Å²) in [6, 6.07) is 1.70. The Morgan fingerprint density at radius 1 is 1.31 bits per heavy atom. The zero-order valence-electron chi connectivity index (χ0n) is 9.56. The molecule has 0 aliphatic rings. The SMILES string of the molecule is CC(C)(C)c1noc(-c2cnccc2N)n1. The molecule has 0 spiro atoms. The van der Waals surface area contributed by atoms with E-state index < -0.39 is 0 Å². The largest absolute Gasteiger partial charge is 0.398 e. The molecule has 0 aliphatic heterocycles. The Morgan fingerprint density at radius 3 is 2.62 bits per heavy atom. The van der Waals surface area contributed by atoms with Crippen molar-refractivity contribution in [3.05, 3.63) is 24.3 Å². The molecule has 0 radical (unpaired) electrons. The molecule has 16 heavy (non-hydrogen) atoms. The number of aromatic nitrogens is 3. The van der Waals surface area contributed by atoms with E-state index >= 15 is 0 Å². The zero-order valence-corrected chi connectivity index (χ0v) is 9.56. The molecule has 2 rings (SSSR count). The van der Waals surface area contributed by atoms with Crippen LogP contribution in [0.4, 0.5) is 5.69 Å². The lowest BCUT2D eigenvalue weighted by Gasteiger charge is -2.10. The van der Waals surface area contributed by atoms with E-state index in [0.717, 1.165) is 0 Å². The third-order valence-electron chi connectivity index (χ3n) is 2.18. The van der Waals surface area contributed by atoms with Gasteiger partial charge in [0.1, 0.15) is 0 Å². The van der Waals surface area contributed by atoms with Crippen molar-refractivity contribution >= 4 is 5.69 Å². The number of hydrogen-bond acceptors (Lipinski definition) is 5. The molecular formula is C11H14N4O. The maximum Gasteiger partial charge on any atom is 0.261 e. The van der Waals surface area contributed by atoms with Crippen LogP contribution in [0.15, 0.2) is 23.0 Å². The lowest BCUT2D eigenvalue weighted by Crippen LogP contribution is -2.13. The average molecular weight is 218 g/mol. The molecular weight excluding hydrogens is 204 g/mol. The topological polar surface area (TPSA) is 77.8 Å². The fraction of sp³-hybridized carbons (Fsp3) is 0.364. The molecule has 84 valence electrons. The molecule has 0 saturated carbocycles. The van der Waals surface area contributed by atoms with Crippen molar-refractivity contribution in [2.75, 3.05) is 5.73 Å². The fourth-order valence-electron chi connectivity index (χ4n) is 1.22. The summed E-state index contributed by atoms with van der Waals surface area (Å²) in [5.74, 6) is 1.07. The highest BCUT2D eigenvalue weighted by atomic mass is 16.5. The van der Waals surface area contributed by atoms with Gasteiger partial charge in [-0.3, -0.25) is 4.98 Å². The minimum atomic E-state index is -0.140. The van der Waals surface area contributed by atoms with Gasteiger partial charge in [0.05, 0.1) is 5.56 Å². The number of nitrogens with zero attached hydrogens (tertiary/aromatic N) is 3. The van der Waals surface area contributed by atoms with Gasteiger partial charge in [0, 0.05) is 23.5 Å². The van der Waals surface area contributed by atoms with E-state index in [0.29, 0.717) is 23.0 Å². The van der Waals surface area contributed by atoms with Crippen LogP contribution in [0.25, 0.3) is 11.5 Å². The van der Waals surface area contributed by atoms with E-state index in [1.165, 1.54) is 0 Å². The Kier molecular flexibility index (Phi) is 2.38. The van der Waals surface area contributed by atoms with Gasteiger partial charge in [-0.1, -0.05) is 25.9 Å². The first-order valence-electron chi connectivity index (χ1n) is 5.02. The zero-order chi connectivity index (χ0) is 11.8. The smallest absolute Gasteiger partial charge is 0.261 e. The van der Waals surface area contributed by atoms with Crippen LogP contribution in [0, 0.1) is 0 Å². The van der Waals surface area contributed by atoms with Gasteiger partial charge in [-0.25, -0.2) is 0 Å². The maximum atomic E-state index is 5.80. The number of nitrogens with two attached hydrogens (primary N) is 1. The van der Waals surface area contributed by atoms with E-state index in [9.17, 15) is 0 Å². The van der Waals surface area contributed by atoms with Crippen molar-refractivity contribution in [1.82, 2.24) is 15.1 Å². The van der Waals surface area contributed by atoms with Crippen LogP contribution in [-0.4, -0.2) is 15.1 Å². The standard InChI is InChI=1S/C11H14N4O/c1-11(2,3)10-14-9(16-15-10)7-6-13-5-4-8(7)12/h4-6H,1-3H3,(H2,12,13). The third kappa shape index (κ3) is 1.88. The Balaban J connectivity index is 2.44. The summed E-state index contributed by atoms with van der Waals surface area (Å²) in [4.78, 5) is 8.30. The van der Waals surface area contributed by atoms with Crippen molar-refractivity contribution in [3.63, 3.8) is 0 Å². The van der Waals surface area contributed by atoms with Gasteiger partial charge in [0.25, 0.3) is 5.89 Å². The summed E-state index contributed by atoms with van der Waals surface area (Å²) in [6.45, 7) is 6.07. The molecule has 0 aliphatic carbocycles. The molecule has 5 heteroatoms. The van der Waals surface area contributed by atoms with E-state index in [2.05, 4.69) is 15.1 Å². The second kappa shape index (κ2) is 3.59. The lowest BCUT2D eigenvalue weighted by atomic mass is 9.96. The van der Waals surface area contributed by atoms with Gasteiger partial charge in [-0.15, -0.1) is 0 Å². The first kappa shape index (κ1) is 10.6. The predicted octanol–water partition coefficient (Wildman–Crippen LogP) is 2.01. The number of pyridine rings is 1. The summed E-state index contributed by atoms with van der Waals surface area (Å²) >= 11 is 0. The molecule has 2 aromatic rings. The van der Waals surface area contributed by atoms with Gasteiger partial charge in [-0.05, 0) is 6.07 Å². The van der Waals surface area contributed by atoms with E-state index in [-0.39, 0.29) is 5.41 Å². The Labute approximate surface area is 93.7 Å². The van der Waals surface area contributed by atoms with Gasteiger partial charge in [0.2, 0.25) is 0 Å². The van der Waals surface area contributed by atoms with E-state index in [1.54, 1.807) is 18.5 Å². The summed E-state index contributed by atoms with van der Waals surface area (Å²) in [7, 11) is 0. The summed E-state index contributed by atoms with van der Waals surface area (Å²) in [5, 5.41) is 3.94. The van der Waals surface area contributed by atoms with Gasteiger partial charge in [-0.2, -0.15) is 4.98 Å². The Morgan fingerprint density at radius 2 is 2.06 bits per heavy atom. The van der Waals surface area contributed by atoms with Crippen molar-refractivity contribution in [1.29, 1.82) is 0 Å². The summed E-state index contributed by atoms with van der Waals surface area (Å²) in [5.41, 5.74) is 6.92. The number of nitrogen functional groups attached to an aromatic ring is 1. The first-order chi connectivity index (χ1) is 7.48. The van der Waals surface area contributed by atoms with Gasteiger partial charge >= 0.3 is 0 Å². The van der Waals surface area contributed by atoms with Crippen molar-refractivity contribution in [2.45, 2.75) is 26.2 Å². The molecule has 2 N–H and O–H groups in total. The molecule has 0 atom stereocenters. The quantitative estimate of drug-likeness (QED) is 0.792. The van der Waals surface area contributed by atoms with Crippen LogP contribution in [0.3, 0.4) is 0 Å². The average Bonchev–Trinajstić information content (AvgIpc) is 2.66. The van der Waals surface area contributed by atoms with Crippen molar-refractivity contribution in [2.24, 2.45) is 0 Å². The van der Waals surface area contributed by atoms with Crippen molar-refractivity contribution in [3.8, 4) is 11.5 Å². The lowest BCUT2D eigenvalue weighted by molar-refractivity contribution is 0.402. The highest BCUT2D eigenvalue weighted by Gasteiger charge is 2.22. The maximum absolute atomic E-state index is 5.80. The van der Waals surface area contributed by atoms with Gasteiger partial charge in [0.15, 0.2) is 5.82 Å². The molecule has 0 bridgehead atoms. The van der Waals surface area contributed by atoms with E-state index in [1.807, 2.05) is 20.8 Å². The number of anilines is 1. The summed E-state index contributed by atoms with van der Waals surface area (Å²) < 4.78 is 5.18. The van der Waals surface area contributed by atoms with Crippen LogP contribution < -0.4 is 5.73 Å². The predicted molar refractivity (Wildman–Crippen MR) is 60.6 cm³/mol. The first-order valence-corrected chi connectivity index (χ1v) is 5.02. The Hall–Kier alpha value is -1.91. The van der Waals surface area contributed by atoms with Crippen LogP contribution in [0.5, 0.6) is 0 Å². The monoisotopic (exact) mass is 218 g/mol. The van der Waals surface area contributed by atoms with Crippen LogP contribution in [-0.2, 0) is 5.41 Å². The third-order valence-corrected chi connectivity index (χ3v) is 2.18. The molecule has 0 amide bonds.